The second kappa shape index (κ2) is 10.4. The van der Waals surface area contributed by atoms with Crippen LogP contribution in [0.1, 0.15) is 36.5 Å². The molecule has 35 heavy (non-hydrogen) atoms. The van der Waals surface area contributed by atoms with Gasteiger partial charge in [-0.15, -0.1) is 0 Å². The Labute approximate surface area is 204 Å². The van der Waals surface area contributed by atoms with Gasteiger partial charge in [0.2, 0.25) is 5.91 Å². The number of carboxylic acid groups (broad SMARTS) is 1. The highest BCUT2D eigenvalue weighted by Crippen LogP contribution is 2.44. The SMILES string of the molecule is CC(C)[C@H](NC(=O)Cc1ccc(NC(=O)OCC2c3ccccc3-c3ccccc32)cc1)C(=O)O. The second-order valence-corrected chi connectivity index (χ2v) is 8.95. The Morgan fingerprint density at radius 2 is 1.46 bits per heavy atom. The van der Waals surface area contributed by atoms with Crippen LogP contribution in [0.2, 0.25) is 0 Å². The number of rotatable bonds is 8. The Morgan fingerprint density at radius 1 is 0.886 bits per heavy atom. The van der Waals surface area contributed by atoms with Crippen molar-refractivity contribution in [2.45, 2.75) is 32.2 Å². The Bertz CT molecular complexity index is 1190. The van der Waals surface area contributed by atoms with Gasteiger partial charge in [0.25, 0.3) is 0 Å². The smallest absolute Gasteiger partial charge is 0.411 e. The lowest BCUT2D eigenvalue weighted by Gasteiger charge is -2.18. The number of hydrogen-bond acceptors (Lipinski definition) is 4. The largest absolute Gasteiger partial charge is 0.480 e. The van der Waals surface area contributed by atoms with E-state index < -0.39 is 18.1 Å². The van der Waals surface area contributed by atoms with Gasteiger partial charge in [-0.3, -0.25) is 10.1 Å². The van der Waals surface area contributed by atoms with Gasteiger partial charge >= 0.3 is 12.1 Å². The molecule has 0 saturated heterocycles. The summed E-state index contributed by atoms with van der Waals surface area (Å²) in [5.41, 5.74) is 5.86. The number of aliphatic carboxylic acids is 1. The van der Waals surface area contributed by atoms with Crippen LogP contribution >= 0.6 is 0 Å². The van der Waals surface area contributed by atoms with Crippen molar-refractivity contribution < 1.29 is 24.2 Å². The van der Waals surface area contributed by atoms with E-state index in [0.29, 0.717) is 11.3 Å². The first-order valence-electron chi connectivity index (χ1n) is 11.6. The molecule has 3 N–H and O–H groups in total. The van der Waals surface area contributed by atoms with Crippen molar-refractivity contribution in [1.82, 2.24) is 5.32 Å². The monoisotopic (exact) mass is 472 g/mol. The van der Waals surface area contributed by atoms with Crippen LogP contribution < -0.4 is 10.6 Å². The third-order valence-corrected chi connectivity index (χ3v) is 6.16. The van der Waals surface area contributed by atoms with Gasteiger partial charge in [0.15, 0.2) is 0 Å². The van der Waals surface area contributed by atoms with Gasteiger partial charge in [-0.2, -0.15) is 0 Å². The number of carboxylic acids is 1. The van der Waals surface area contributed by atoms with Gasteiger partial charge in [-0.05, 0) is 45.9 Å². The first kappa shape index (κ1) is 24.0. The predicted molar refractivity (Wildman–Crippen MR) is 133 cm³/mol. The molecule has 1 aliphatic carbocycles. The van der Waals surface area contributed by atoms with Gasteiger partial charge in [0.05, 0.1) is 6.42 Å². The summed E-state index contributed by atoms with van der Waals surface area (Å²) in [5, 5.41) is 14.5. The summed E-state index contributed by atoms with van der Waals surface area (Å²) >= 11 is 0. The minimum absolute atomic E-state index is 0.0190. The molecule has 1 aliphatic rings. The molecule has 0 spiro atoms. The summed E-state index contributed by atoms with van der Waals surface area (Å²) in [6.07, 6.45) is -0.513. The van der Waals surface area contributed by atoms with E-state index in [1.54, 1.807) is 38.1 Å². The van der Waals surface area contributed by atoms with Crippen molar-refractivity contribution in [2.24, 2.45) is 5.92 Å². The Hall–Kier alpha value is -4.13. The lowest BCUT2D eigenvalue weighted by Crippen LogP contribution is -2.44. The normalized spacial score (nSPS) is 13.0. The first-order chi connectivity index (χ1) is 16.8. The molecule has 4 rings (SSSR count). The van der Waals surface area contributed by atoms with Gasteiger partial charge in [0.1, 0.15) is 12.6 Å². The lowest BCUT2D eigenvalue weighted by molar-refractivity contribution is -0.143. The maximum atomic E-state index is 12.5. The highest BCUT2D eigenvalue weighted by atomic mass is 16.5. The number of carbonyl (C=O) groups is 3. The molecule has 0 heterocycles. The molecule has 7 heteroatoms. The highest BCUT2D eigenvalue weighted by molar-refractivity contribution is 5.86. The zero-order chi connectivity index (χ0) is 24.9. The lowest BCUT2D eigenvalue weighted by atomic mass is 9.98. The second-order valence-electron chi connectivity index (χ2n) is 8.95. The number of amides is 2. The van der Waals surface area contributed by atoms with Crippen molar-refractivity contribution in [3.05, 3.63) is 89.5 Å². The molecule has 0 unspecified atom stereocenters. The van der Waals surface area contributed by atoms with Crippen molar-refractivity contribution in [2.75, 3.05) is 11.9 Å². The number of fused-ring (bicyclic) bond motifs is 3. The molecule has 7 nitrogen and oxygen atoms in total. The van der Waals surface area contributed by atoms with Crippen LogP contribution in [0.5, 0.6) is 0 Å². The third-order valence-electron chi connectivity index (χ3n) is 6.16. The van der Waals surface area contributed by atoms with E-state index in [0.717, 1.165) is 11.1 Å². The Balaban J connectivity index is 1.32. The number of nitrogens with one attached hydrogen (secondary N) is 2. The summed E-state index contributed by atoms with van der Waals surface area (Å²) in [4.78, 5) is 35.9. The van der Waals surface area contributed by atoms with Crippen LogP contribution in [0.3, 0.4) is 0 Å². The van der Waals surface area contributed by atoms with E-state index in [2.05, 4.69) is 34.9 Å². The maximum absolute atomic E-state index is 12.5. The number of hydrogen-bond donors (Lipinski definition) is 3. The van der Waals surface area contributed by atoms with E-state index in [-0.39, 0.29) is 30.8 Å². The van der Waals surface area contributed by atoms with Gasteiger partial charge < -0.3 is 15.2 Å². The fraction of sp³-hybridized carbons (Fsp3) is 0.250. The van der Waals surface area contributed by atoms with E-state index in [4.69, 9.17) is 4.74 Å². The van der Waals surface area contributed by atoms with Crippen LogP contribution in [-0.2, 0) is 20.7 Å². The molecule has 180 valence electrons. The first-order valence-corrected chi connectivity index (χ1v) is 11.6. The molecule has 0 aliphatic heterocycles. The molecule has 0 bridgehead atoms. The minimum atomic E-state index is -1.06. The summed E-state index contributed by atoms with van der Waals surface area (Å²) in [6, 6.07) is 22.1. The number of anilines is 1. The molecule has 3 aromatic carbocycles. The molecule has 0 radical (unpaired) electrons. The van der Waals surface area contributed by atoms with Crippen molar-refractivity contribution in [3.63, 3.8) is 0 Å². The molecule has 2 amide bonds. The summed E-state index contributed by atoms with van der Waals surface area (Å²) in [6.45, 7) is 3.70. The van der Waals surface area contributed by atoms with Gasteiger partial charge in [-0.1, -0.05) is 74.5 Å². The van der Waals surface area contributed by atoms with Crippen molar-refractivity contribution >= 4 is 23.7 Å². The molecular weight excluding hydrogens is 444 g/mol. The van der Waals surface area contributed by atoms with Crippen molar-refractivity contribution in [3.8, 4) is 11.1 Å². The fourth-order valence-electron chi connectivity index (χ4n) is 4.38. The maximum Gasteiger partial charge on any atom is 0.411 e. The average Bonchev–Trinajstić information content (AvgIpc) is 3.16. The summed E-state index contributed by atoms with van der Waals surface area (Å²) < 4.78 is 5.56. The number of carbonyl (C=O) groups excluding carboxylic acids is 2. The summed E-state index contributed by atoms with van der Waals surface area (Å²) in [7, 11) is 0. The molecular formula is C28H28N2O5. The minimum Gasteiger partial charge on any atom is -0.480 e. The van der Waals surface area contributed by atoms with Gasteiger partial charge in [0, 0.05) is 11.6 Å². The number of benzene rings is 3. The topological polar surface area (TPSA) is 105 Å². The van der Waals surface area contributed by atoms with E-state index >= 15 is 0 Å². The molecule has 0 saturated carbocycles. The van der Waals surface area contributed by atoms with Crippen LogP contribution in [0, 0.1) is 5.92 Å². The highest BCUT2D eigenvalue weighted by Gasteiger charge is 2.29. The molecule has 0 aromatic heterocycles. The van der Waals surface area contributed by atoms with Crippen LogP contribution in [0.15, 0.2) is 72.8 Å². The van der Waals surface area contributed by atoms with E-state index in [9.17, 15) is 19.5 Å². The standard InChI is InChI=1S/C28H28N2O5/c1-17(2)26(27(32)33)30-25(31)15-18-11-13-19(14-12-18)29-28(34)35-16-24-22-9-5-3-7-20(22)21-8-4-6-10-23(21)24/h3-14,17,24,26H,15-16H2,1-2H3,(H,29,34)(H,30,31)(H,32,33)/t26-/m0/s1. The molecule has 1 atom stereocenters. The van der Waals surface area contributed by atoms with Crippen LogP contribution in [-0.4, -0.2) is 35.7 Å². The van der Waals surface area contributed by atoms with Crippen LogP contribution in [0.25, 0.3) is 11.1 Å². The Morgan fingerprint density at radius 3 is 2.00 bits per heavy atom. The summed E-state index contributed by atoms with van der Waals surface area (Å²) in [5.74, 6) is -1.67. The predicted octanol–water partition coefficient (Wildman–Crippen LogP) is 4.82. The molecule has 3 aromatic rings. The van der Waals surface area contributed by atoms with E-state index in [1.807, 2.05) is 24.3 Å². The van der Waals surface area contributed by atoms with E-state index in [1.165, 1.54) is 11.1 Å². The van der Waals surface area contributed by atoms with Crippen molar-refractivity contribution in [1.29, 1.82) is 0 Å². The molecule has 0 fully saturated rings. The van der Waals surface area contributed by atoms with Crippen LogP contribution in [0.4, 0.5) is 10.5 Å². The third kappa shape index (κ3) is 5.51. The Kier molecular flexibility index (Phi) is 7.15. The average molecular weight is 473 g/mol. The number of ether oxygens (including phenoxy) is 1. The zero-order valence-electron chi connectivity index (χ0n) is 19.7. The fourth-order valence-corrected chi connectivity index (χ4v) is 4.38. The quantitative estimate of drug-likeness (QED) is 0.436. The zero-order valence-corrected chi connectivity index (χ0v) is 19.7. The van der Waals surface area contributed by atoms with Gasteiger partial charge in [-0.25, -0.2) is 9.59 Å².